The fourth-order valence-electron chi connectivity index (χ4n) is 4.07. The summed E-state index contributed by atoms with van der Waals surface area (Å²) in [5.41, 5.74) is 6.80. The number of allylic oxidation sites excluding steroid dienone is 2. The molecular formula is C20H20ClN. The Bertz CT molecular complexity index is 762. The van der Waals surface area contributed by atoms with E-state index in [1.165, 1.54) is 27.9 Å². The summed E-state index contributed by atoms with van der Waals surface area (Å²) in [5.74, 6) is 1.09. The normalized spacial score (nSPS) is 25.5. The Morgan fingerprint density at radius 2 is 1.91 bits per heavy atom. The molecule has 2 aliphatic rings. The highest BCUT2D eigenvalue weighted by Gasteiger charge is 2.39. The number of halogens is 1. The maximum atomic E-state index is 6.22. The minimum absolute atomic E-state index is 0.326. The Labute approximate surface area is 137 Å². The molecule has 0 saturated carbocycles. The van der Waals surface area contributed by atoms with Gasteiger partial charge in [-0.05, 0) is 60.6 Å². The third-order valence-corrected chi connectivity index (χ3v) is 5.39. The molecule has 1 N–H and O–H groups in total. The van der Waals surface area contributed by atoms with E-state index in [0.29, 0.717) is 17.9 Å². The molecule has 0 unspecified atom stereocenters. The van der Waals surface area contributed by atoms with Crippen molar-refractivity contribution in [3.8, 4) is 0 Å². The van der Waals surface area contributed by atoms with Crippen LogP contribution < -0.4 is 5.32 Å². The van der Waals surface area contributed by atoms with Crippen molar-refractivity contribution in [2.75, 3.05) is 5.32 Å². The van der Waals surface area contributed by atoms with Crippen LogP contribution in [-0.2, 0) is 0 Å². The fraction of sp³-hybridized carbons (Fsp3) is 0.300. The molecule has 1 aliphatic heterocycles. The first kappa shape index (κ1) is 13.9. The van der Waals surface area contributed by atoms with Crippen LogP contribution in [0.2, 0.25) is 5.02 Å². The highest BCUT2D eigenvalue weighted by atomic mass is 35.5. The Hall–Kier alpha value is -1.73. The fourth-order valence-corrected chi connectivity index (χ4v) is 4.27. The van der Waals surface area contributed by atoms with Crippen LogP contribution in [0.4, 0.5) is 5.69 Å². The molecule has 0 bridgehead atoms. The molecule has 2 heteroatoms. The van der Waals surface area contributed by atoms with Crippen LogP contribution in [0.15, 0.2) is 48.6 Å². The number of benzene rings is 2. The van der Waals surface area contributed by atoms with E-state index in [4.69, 9.17) is 11.6 Å². The second kappa shape index (κ2) is 5.17. The number of hydrogen-bond donors (Lipinski definition) is 1. The molecule has 3 atom stereocenters. The zero-order chi connectivity index (χ0) is 15.3. The number of fused-ring (bicyclic) bond motifs is 3. The monoisotopic (exact) mass is 309 g/mol. The molecule has 22 heavy (non-hydrogen) atoms. The summed E-state index contributed by atoms with van der Waals surface area (Å²) in [4.78, 5) is 0. The maximum Gasteiger partial charge on any atom is 0.0554 e. The highest BCUT2D eigenvalue weighted by Crippen LogP contribution is 2.51. The van der Waals surface area contributed by atoms with E-state index in [2.05, 4.69) is 61.6 Å². The second-order valence-corrected chi connectivity index (χ2v) is 6.95. The van der Waals surface area contributed by atoms with Crippen molar-refractivity contribution in [2.24, 2.45) is 5.92 Å². The van der Waals surface area contributed by atoms with E-state index in [1.54, 1.807) is 0 Å². The van der Waals surface area contributed by atoms with Gasteiger partial charge in [0.2, 0.25) is 0 Å². The molecule has 1 heterocycles. The lowest BCUT2D eigenvalue weighted by Crippen LogP contribution is -2.30. The lowest BCUT2D eigenvalue weighted by Gasteiger charge is -2.39. The van der Waals surface area contributed by atoms with Crippen molar-refractivity contribution < 1.29 is 0 Å². The molecule has 0 radical (unpaired) electrons. The number of rotatable bonds is 1. The molecule has 1 aliphatic carbocycles. The van der Waals surface area contributed by atoms with Gasteiger partial charge in [0.05, 0.1) is 6.04 Å². The molecule has 4 rings (SSSR count). The summed E-state index contributed by atoms with van der Waals surface area (Å²) in [5, 5.41) is 4.64. The van der Waals surface area contributed by atoms with Gasteiger partial charge in [-0.25, -0.2) is 0 Å². The maximum absolute atomic E-state index is 6.22. The van der Waals surface area contributed by atoms with Gasteiger partial charge < -0.3 is 5.32 Å². The standard InChI is InChI=1S/C20H20ClN/c1-12-9-10-13(2)19-18(12)16-7-4-8-17(16)20(22-19)14-5-3-6-15(21)11-14/h3-7,9-11,16-17,20,22H,8H2,1-2H3/t16-,17-,20+/m0/s1. The zero-order valence-electron chi connectivity index (χ0n) is 12.9. The number of nitrogens with one attached hydrogen (secondary N) is 1. The molecule has 0 fully saturated rings. The second-order valence-electron chi connectivity index (χ2n) is 6.52. The Kier molecular flexibility index (Phi) is 3.27. The van der Waals surface area contributed by atoms with Crippen molar-refractivity contribution in [2.45, 2.75) is 32.2 Å². The minimum Gasteiger partial charge on any atom is -0.377 e. The van der Waals surface area contributed by atoms with Crippen molar-refractivity contribution in [3.63, 3.8) is 0 Å². The van der Waals surface area contributed by atoms with Gasteiger partial charge >= 0.3 is 0 Å². The lowest BCUT2D eigenvalue weighted by atomic mass is 9.75. The summed E-state index contributed by atoms with van der Waals surface area (Å²) < 4.78 is 0. The van der Waals surface area contributed by atoms with Gasteiger partial charge in [-0.2, -0.15) is 0 Å². The van der Waals surface area contributed by atoms with Crippen LogP contribution in [0.5, 0.6) is 0 Å². The van der Waals surface area contributed by atoms with Crippen LogP contribution in [0.25, 0.3) is 0 Å². The van der Waals surface area contributed by atoms with Gasteiger partial charge in [0.15, 0.2) is 0 Å². The van der Waals surface area contributed by atoms with Crippen LogP contribution >= 0.6 is 11.6 Å². The van der Waals surface area contributed by atoms with E-state index in [1.807, 2.05) is 6.07 Å². The molecule has 0 saturated heterocycles. The quantitative estimate of drug-likeness (QED) is 0.658. The van der Waals surface area contributed by atoms with E-state index < -0.39 is 0 Å². The Morgan fingerprint density at radius 3 is 2.73 bits per heavy atom. The minimum atomic E-state index is 0.326. The first-order valence-electron chi connectivity index (χ1n) is 7.94. The van der Waals surface area contributed by atoms with Gasteiger partial charge in [0.25, 0.3) is 0 Å². The van der Waals surface area contributed by atoms with Gasteiger partial charge in [-0.3, -0.25) is 0 Å². The van der Waals surface area contributed by atoms with Crippen LogP contribution in [0.1, 0.15) is 40.6 Å². The Balaban J connectivity index is 1.86. The third kappa shape index (κ3) is 2.07. The van der Waals surface area contributed by atoms with Gasteiger partial charge in [0, 0.05) is 16.6 Å². The highest BCUT2D eigenvalue weighted by molar-refractivity contribution is 6.30. The average molecular weight is 310 g/mol. The molecular weight excluding hydrogens is 290 g/mol. The topological polar surface area (TPSA) is 12.0 Å². The summed E-state index contributed by atoms with van der Waals surface area (Å²) in [6.07, 6.45) is 5.86. The van der Waals surface area contributed by atoms with Crippen LogP contribution in [0, 0.1) is 19.8 Å². The van der Waals surface area contributed by atoms with E-state index in [-0.39, 0.29) is 0 Å². The zero-order valence-corrected chi connectivity index (χ0v) is 13.7. The summed E-state index contributed by atoms with van der Waals surface area (Å²) in [6.45, 7) is 4.42. The number of aryl methyl sites for hydroxylation is 2. The lowest BCUT2D eigenvalue weighted by molar-refractivity contribution is 0.424. The molecule has 112 valence electrons. The molecule has 2 aromatic carbocycles. The van der Waals surface area contributed by atoms with Gasteiger partial charge in [-0.15, -0.1) is 0 Å². The third-order valence-electron chi connectivity index (χ3n) is 5.15. The molecule has 2 aromatic rings. The molecule has 1 nitrogen and oxygen atoms in total. The Morgan fingerprint density at radius 1 is 1.09 bits per heavy atom. The average Bonchev–Trinajstić information content (AvgIpc) is 2.99. The van der Waals surface area contributed by atoms with Crippen LogP contribution in [-0.4, -0.2) is 0 Å². The SMILES string of the molecule is Cc1ccc(C)c2c1N[C@H](c1cccc(Cl)c1)[C@H]1CC=C[C@H]21. The summed E-state index contributed by atoms with van der Waals surface area (Å²) in [7, 11) is 0. The van der Waals surface area contributed by atoms with Crippen molar-refractivity contribution in [3.05, 3.63) is 75.8 Å². The predicted octanol–water partition coefficient (Wildman–Crippen LogP) is 5.78. The van der Waals surface area contributed by atoms with Crippen LogP contribution in [0.3, 0.4) is 0 Å². The summed E-state index contributed by atoms with van der Waals surface area (Å²) >= 11 is 6.22. The molecule has 0 spiro atoms. The van der Waals surface area contributed by atoms with Crippen molar-refractivity contribution in [1.82, 2.24) is 0 Å². The van der Waals surface area contributed by atoms with Gasteiger partial charge in [-0.1, -0.05) is 48.0 Å². The van der Waals surface area contributed by atoms with Gasteiger partial charge in [0.1, 0.15) is 0 Å². The van der Waals surface area contributed by atoms with Crippen molar-refractivity contribution in [1.29, 1.82) is 0 Å². The van der Waals surface area contributed by atoms with E-state index in [9.17, 15) is 0 Å². The smallest absolute Gasteiger partial charge is 0.0554 e. The predicted molar refractivity (Wildman–Crippen MR) is 93.7 cm³/mol. The van der Waals surface area contributed by atoms with Crippen molar-refractivity contribution >= 4 is 17.3 Å². The largest absolute Gasteiger partial charge is 0.377 e. The molecule has 0 amide bonds. The first-order chi connectivity index (χ1) is 10.6. The summed E-state index contributed by atoms with van der Waals surface area (Å²) in [6, 6.07) is 13.1. The number of anilines is 1. The first-order valence-corrected chi connectivity index (χ1v) is 8.31. The number of hydrogen-bond acceptors (Lipinski definition) is 1. The van der Waals surface area contributed by atoms with E-state index >= 15 is 0 Å². The van der Waals surface area contributed by atoms with E-state index in [0.717, 1.165) is 11.4 Å². The molecule has 0 aromatic heterocycles.